The molecule has 3 nitrogen and oxygen atoms in total. The molecule has 1 atom stereocenters. The monoisotopic (exact) mass is 228 g/mol. The van der Waals surface area contributed by atoms with E-state index in [1.807, 2.05) is 6.07 Å². The minimum absolute atomic E-state index is 0.0650. The number of methoxy groups -OCH3 is 1. The van der Waals surface area contributed by atoms with Crippen molar-refractivity contribution in [3.63, 3.8) is 0 Å². The van der Waals surface area contributed by atoms with Gasteiger partial charge in [0.2, 0.25) is 0 Å². The van der Waals surface area contributed by atoms with Crippen LogP contribution < -0.4 is 0 Å². The third kappa shape index (κ3) is 3.30. The van der Waals surface area contributed by atoms with Crippen LogP contribution in [0.3, 0.4) is 0 Å². The molecule has 0 aliphatic carbocycles. The van der Waals surface area contributed by atoms with E-state index in [-0.39, 0.29) is 12.6 Å². The minimum atomic E-state index is -0.654. The predicted molar refractivity (Wildman–Crippen MR) is 57.8 cm³/mol. The van der Waals surface area contributed by atoms with Crippen LogP contribution in [0.4, 0.5) is 0 Å². The molecule has 4 heteroatoms. The summed E-state index contributed by atoms with van der Waals surface area (Å²) in [4.78, 5) is 11.4. The van der Waals surface area contributed by atoms with E-state index in [1.54, 1.807) is 18.2 Å². The highest BCUT2D eigenvalue weighted by Gasteiger charge is 2.19. The van der Waals surface area contributed by atoms with Gasteiger partial charge in [-0.25, -0.2) is 0 Å². The van der Waals surface area contributed by atoms with Gasteiger partial charge in [0.15, 0.2) is 5.78 Å². The van der Waals surface area contributed by atoms with E-state index in [0.717, 1.165) is 0 Å². The third-order valence-electron chi connectivity index (χ3n) is 1.91. The first kappa shape index (κ1) is 12.2. The quantitative estimate of drug-likeness (QED) is 0.727. The normalized spacial score (nSPS) is 12.5. The molecule has 0 heterocycles. The Bertz CT molecular complexity index is 338. The summed E-state index contributed by atoms with van der Waals surface area (Å²) in [6, 6.07) is 7.11. The van der Waals surface area contributed by atoms with Gasteiger partial charge in [0.05, 0.1) is 0 Å². The number of hydrogen-bond donors (Lipinski definition) is 0. The summed E-state index contributed by atoms with van der Waals surface area (Å²) in [7, 11) is 1.50. The van der Waals surface area contributed by atoms with Crippen molar-refractivity contribution in [2.45, 2.75) is 13.0 Å². The van der Waals surface area contributed by atoms with Crippen LogP contribution in [0, 0.1) is 0 Å². The third-order valence-corrected chi connectivity index (χ3v) is 2.25. The Morgan fingerprint density at radius 3 is 2.67 bits per heavy atom. The van der Waals surface area contributed by atoms with Crippen molar-refractivity contribution in [2.24, 2.45) is 0 Å². The summed E-state index contributed by atoms with van der Waals surface area (Å²) < 4.78 is 10.0. The van der Waals surface area contributed by atoms with Gasteiger partial charge in [0.25, 0.3) is 0 Å². The van der Waals surface area contributed by atoms with Gasteiger partial charge in [-0.2, -0.15) is 0 Å². The number of carbonyl (C=O) groups is 1. The second-order valence-electron chi connectivity index (χ2n) is 3.09. The number of carbonyl (C=O) groups excluding carboxylic acids is 1. The molecule has 1 rings (SSSR count). The van der Waals surface area contributed by atoms with E-state index in [1.165, 1.54) is 14.0 Å². The highest BCUT2D eigenvalue weighted by atomic mass is 35.5. The summed E-state index contributed by atoms with van der Waals surface area (Å²) in [5.74, 6) is -0.0971. The maximum Gasteiger partial charge on any atom is 0.163 e. The van der Waals surface area contributed by atoms with Crippen LogP contribution in [0.5, 0.6) is 0 Å². The average molecular weight is 229 g/mol. The number of halogens is 1. The zero-order valence-electron chi connectivity index (χ0n) is 8.70. The molecule has 0 radical (unpaired) electrons. The highest BCUT2D eigenvalue weighted by molar-refractivity contribution is 6.31. The van der Waals surface area contributed by atoms with Crippen molar-refractivity contribution in [3.05, 3.63) is 34.9 Å². The van der Waals surface area contributed by atoms with Crippen LogP contribution in [0.15, 0.2) is 24.3 Å². The molecule has 0 N–H and O–H groups in total. The van der Waals surface area contributed by atoms with Crippen molar-refractivity contribution in [3.8, 4) is 0 Å². The van der Waals surface area contributed by atoms with Crippen LogP contribution in [-0.2, 0) is 14.3 Å². The lowest BCUT2D eigenvalue weighted by molar-refractivity contribution is -0.138. The van der Waals surface area contributed by atoms with E-state index < -0.39 is 6.10 Å². The fourth-order valence-electron chi connectivity index (χ4n) is 1.25. The fourth-order valence-corrected chi connectivity index (χ4v) is 1.48. The molecular formula is C11H13ClO3. The Morgan fingerprint density at radius 1 is 1.47 bits per heavy atom. The number of ether oxygens (including phenoxy) is 2. The summed E-state index contributed by atoms with van der Waals surface area (Å²) in [5, 5.41) is 0.522. The Hall–Kier alpha value is -0.900. The van der Waals surface area contributed by atoms with Gasteiger partial charge < -0.3 is 9.47 Å². The van der Waals surface area contributed by atoms with Gasteiger partial charge in [-0.3, -0.25) is 4.79 Å². The topological polar surface area (TPSA) is 35.5 Å². The average Bonchev–Trinajstić information content (AvgIpc) is 2.20. The lowest BCUT2D eigenvalue weighted by Crippen LogP contribution is -2.14. The van der Waals surface area contributed by atoms with Crippen molar-refractivity contribution in [1.82, 2.24) is 0 Å². The van der Waals surface area contributed by atoms with Crippen LogP contribution in [0.2, 0.25) is 5.02 Å². The van der Waals surface area contributed by atoms with E-state index in [4.69, 9.17) is 21.1 Å². The van der Waals surface area contributed by atoms with Crippen LogP contribution in [0.1, 0.15) is 18.6 Å². The Kier molecular flexibility index (Phi) is 4.75. The Morgan fingerprint density at radius 2 is 2.13 bits per heavy atom. The Balaban J connectivity index is 2.89. The molecule has 0 aliphatic heterocycles. The standard InChI is InChI=1S/C11H13ClO3/c1-8(13)11(15-7-14-2)9-5-3-4-6-10(9)12/h3-6,11H,7H2,1-2H3/t11-/m1/s1. The lowest BCUT2D eigenvalue weighted by atomic mass is 10.1. The molecule has 0 saturated heterocycles. The van der Waals surface area contributed by atoms with E-state index in [9.17, 15) is 4.79 Å². The number of Topliss-reactive ketones (excluding diaryl/α,β-unsaturated/α-hetero) is 1. The molecule has 0 unspecified atom stereocenters. The molecule has 0 aromatic heterocycles. The van der Waals surface area contributed by atoms with Gasteiger partial charge in [-0.05, 0) is 13.0 Å². The molecule has 82 valence electrons. The van der Waals surface area contributed by atoms with Crippen molar-refractivity contribution >= 4 is 17.4 Å². The predicted octanol–water partition coefficient (Wildman–Crippen LogP) is 2.59. The zero-order chi connectivity index (χ0) is 11.3. The first-order valence-corrected chi connectivity index (χ1v) is 4.90. The molecule has 0 fully saturated rings. The lowest BCUT2D eigenvalue weighted by Gasteiger charge is -2.15. The largest absolute Gasteiger partial charge is 0.359 e. The number of ketones is 1. The highest BCUT2D eigenvalue weighted by Crippen LogP contribution is 2.25. The first-order valence-electron chi connectivity index (χ1n) is 4.52. The van der Waals surface area contributed by atoms with Crippen molar-refractivity contribution in [2.75, 3.05) is 13.9 Å². The molecule has 15 heavy (non-hydrogen) atoms. The van der Waals surface area contributed by atoms with Gasteiger partial charge >= 0.3 is 0 Å². The summed E-state index contributed by atoms with van der Waals surface area (Å²) in [6.45, 7) is 1.53. The number of benzene rings is 1. The molecule has 0 saturated carbocycles. The van der Waals surface area contributed by atoms with Gasteiger partial charge in [0, 0.05) is 17.7 Å². The van der Waals surface area contributed by atoms with E-state index >= 15 is 0 Å². The van der Waals surface area contributed by atoms with Gasteiger partial charge in [-0.1, -0.05) is 29.8 Å². The number of hydrogen-bond acceptors (Lipinski definition) is 3. The van der Waals surface area contributed by atoms with Crippen molar-refractivity contribution < 1.29 is 14.3 Å². The van der Waals surface area contributed by atoms with Crippen molar-refractivity contribution in [1.29, 1.82) is 0 Å². The molecule has 0 amide bonds. The first-order chi connectivity index (χ1) is 7.16. The molecule has 0 bridgehead atoms. The maximum absolute atomic E-state index is 11.4. The molecule has 0 spiro atoms. The van der Waals surface area contributed by atoms with Crippen LogP contribution in [0.25, 0.3) is 0 Å². The molecular weight excluding hydrogens is 216 g/mol. The van der Waals surface area contributed by atoms with Crippen LogP contribution in [-0.4, -0.2) is 19.7 Å². The Labute approximate surface area is 93.9 Å². The maximum atomic E-state index is 11.4. The van der Waals surface area contributed by atoms with E-state index in [2.05, 4.69) is 0 Å². The smallest absolute Gasteiger partial charge is 0.163 e. The SMILES string of the molecule is COCO[C@H](C(C)=O)c1ccccc1Cl. The second-order valence-corrected chi connectivity index (χ2v) is 3.49. The van der Waals surface area contributed by atoms with Gasteiger partial charge in [-0.15, -0.1) is 0 Å². The number of rotatable bonds is 5. The van der Waals surface area contributed by atoms with Crippen LogP contribution >= 0.6 is 11.6 Å². The summed E-state index contributed by atoms with van der Waals surface area (Å²) in [6.07, 6.45) is -0.654. The second kappa shape index (κ2) is 5.85. The van der Waals surface area contributed by atoms with Gasteiger partial charge in [0.1, 0.15) is 12.9 Å². The molecule has 1 aromatic rings. The fraction of sp³-hybridized carbons (Fsp3) is 0.364. The minimum Gasteiger partial charge on any atom is -0.359 e. The molecule has 0 aliphatic rings. The zero-order valence-corrected chi connectivity index (χ0v) is 9.45. The summed E-state index contributed by atoms with van der Waals surface area (Å²) in [5.41, 5.74) is 0.670. The summed E-state index contributed by atoms with van der Waals surface area (Å²) >= 11 is 5.97. The molecule has 1 aromatic carbocycles. The van der Waals surface area contributed by atoms with E-state index in [0.29, 0.717) is 10.6 Å².